The van der Waals surface area contributed by atoms with Crippen LogP contribution < -0.4 is 10.6 Å². The first-order valence-corrected chi connectivity index (χ1v) is 7.04. The van der Waals surface area contributed by atoms with Gasteiger partial charge in [-0.25, -0.2) is 4.39 Å². The van der Waals surface area contributed by atoms with Gasteiger partial charge in [-0.1, -0.05) is 18.2 Å². The summed E-state index contributed by atoms with van der Waals surface area (Å²) in [6.07, 6.45) is 8.91. The fourth-order valence-corrected chi connectivity index (χ4v) is 3.01. The largest absolute Gasteiger partial charge is 0.385 e. The molecule has 0 unspecified atom stereocenters. The molecular weight excluding hydrogens is 239 g/mol. The predicted molar refractivity (Wildman–Crippen MR) is 78.4 cm³/mol. The van der Waals surface area contributed by atoms with Crippen LogP contribution >= 0.6 is 0 Å². The molecule has 1 aliphatic heterocycles. The number of hydrogen-bond donors (Lipinski definition) is 2. The van der Waals surface area contributed by atoms with Crippen molar-refractivity contribution in [1.29, 1.82) is 0 Å². The van der Waals surface area contributed by atoms with E-state index in [2.05, 4.69) is 23.8 Å². The summed E-state index contributed by atoms with van der Waals surface area (Å²) in [4.78, 5) is 0. The third kappa shape index (κ3) is 3.35. The zero-order valence-corrected chi connectivity index (χ0v) is 11.4. The minimum atomic E-state index is -0.00337. The lowest BCUT2D eigenvalue weighted by Gasteiger charge is -2.24. The maximum absolute atomic E-state index is 14.2. The highest BCUT2D eigenvalue weighted by atomic mass is 19.1. The van der Waals surface area contributed by atoms with E-state index in [1.165, 1.54) is 5.57 Å². The first-order chi connectivity index (χ1) is 9.26. The standard InChI is InChI=1S/C16H23FN2/c1-3-14(19-4-2)10-12-6-5-7-15(17)16(12)13-8-9-18-11-13/h3-4,7,13-14,18-19H,1-2,5-6,8-11H2/t13-,14-/m0/s1. The van der Waals surface area contributed by atoms with Crippen LogP contribution in [0.3, 0.4) is 0 Å². The van der Waals surface area contributed by atoms with Crippen molar-refractivity contribution in [2.24, 2.45) is 5.92 Å². The maximum Gasteiger partial charge on any atom is 0.122 e. The Morgan fingerprint density at radius 1 is 1.53 bits per heavy atom. The van der Waals surface area contributed by atoms with Crippen LogP contribution in [0.15, 0.2) is 48.5 Å². The van der Waals surface area contributed by atoms with E-state index in [0.717, 1.165) is 44.3 Å². The Morgan fingerprint density at radius 3 is 3.00 bits per heavy atom. The molecule has 1 aliphatic carbocycles. The molecule has 3 heteroatoms. The molecule has 104 valence electrons. The van der Waals surface area contributed by atoms with Gasteiger partial charge < -0.3 is 10.6 Å². The summed E-state index contributed by atoms with van der Waals surface area (Å²) >= 11 is 0. The Morgan fingerprint density at radius 2 is 2.37 bits per heavy atom. The second kappa shape index (κ2) is 6.71. The van der Waals surface area contributed by atoms with Gasteiger partial charge in [0.05, 0.1) is 0 Å². The highest BCUT2D eigenvalue weighted by Crippen LogP contribution is 2.36. The fraction of sp³-hybridized carbons (Fsp3) is 0.500. The van der Waals surface area contributed by atoms with Gasteiger partial charge in [-0.3, -0.25) is 0 Å². The van der Waals surface area contributed by atoms with Crippen molar-refractivity contribution in [3.63, 3.8) is 0 Å². The number of halogens is 1. The van der Waals surface area contributed by atoms with Crippen LogP contribution in [0, 0.1) is 5.92 Å². The topological polar surface area (TPSA) is 24.1 Å². The summed E-state index contributed by atoms with van der Waals surface area (Å²) in [5.74, 6) is 0.331. The lowest BCUT2D eigenvalue weighted by atomic mass is 9.84. The average Bonchev–Trinajstić information content (AvgIpc) is 2.92. The summed E-state index contributed by atoms with van der Waals surface area (Å²) in [5, 5.41) is 6.48. The molecule has 0 bridgehead atoms. The molecule has 0 aromatic rings. The lowest BCUT2D eigenvalue weighted by Crippen LogP contribution is -2.24. The van der Waals surface area contributed by atoms with Gasteiger partial charge in [0.25, 0.3) is 0 Å². The first kappa shape index (κ1) is 14.1. The van der Waals surface area contributed by atoms with Gasteiger partial charge in [0, 0.05) is 18.5 Å². The van der Waals surface area contributed by atoms with Crippen LogP contribution in [0.2, 0.25) is 0 Å². The van der Waals surface area contributed by atoms with E-state index in [1.807, 2.05) is 6.08 Å². The van der Waals surface area contributed by atoms with Gasteiger partial charge in [-0.15, -0.1) is 6.58 Å². The van der Waals surface area contributed by atoms with Crippen LogP contribution in [0.5, 0.6) is 0 Å². The van der Waals surface area contributed by atoms with E-state index in [4.69, 9.17) is 0 Å². The Hall–Kier alpha value is -1.35. The molecule has 1 fully saturated rings. The third-order valence-corrected chi connectivity index (χ3v) is 3.96. The van der Waals surface area contributed by atoms with Crippen molar-refractivity contribution in [2.45, 2.75) is 31.7 Å². The molecule has 0 aromatic carbocycles. The average molecular weight is 262 g/mol. The van der Waals surface area contributed by atoms with Gasteiger partial charge in [-0.05, 0) is 50.1 Å². The second-order valence-corrected chi connectivity index (χ2v) is 5.21. The number of rotatable bonds is 6. The van der Waals surface area contributed by atoms with Crippen molar-refractivity contribution in [3.05, 3.63) is 48.5 Å². The van der Waals surface area contributed by atoms with E-state index in [1.54, 1.807) is 12.3 Å². The zero-order chi connectivity index (χ0) is 13.7. The van der Waals surface area contributed by atoms with Crippen LogP contribution in [0.1, 0.15) is 25.7 Å². The Bertz CT molecular complexity index is 403. The molecule has 19 heavy (non-hydrogen) atoms. The maximum atomic E-state index is 14.2. The smallest absolute Gasteiger partial charge is 0.122 e. The number of allylic oxidation sites excluding steroid dienone is 2. The molecule has 2 rings (SSSR count). The molecule has 2 nitrogen and oxygen atoms in total. The summed E-state index contributed by atoms with van der Waals surface area (Å²) < 4.78 is 14.2. The molecule has 0 spiro atoms. The summed E-state index contributed by atoms with van der Waals surface area (Å²) in [6, 6.07) is 0.141. The highest BCUT2D eigenvalue weighted by Gasteiger charge is 2.27. The molecular formula is C16H23FN2. The minimum absolute atomic E-state index is 0.00337. The van der Waals surface area contributed by atoms with Gasteiger partial charge in [-0.2, -0.15) is 0 Å². The second-order valence-electron chi connectivity index (χ2n) is 5.21. The molecule has 2 aliphatic rings. The SMILES string of the molecule is C=CN[C@@H](C=C)CC1=C([C@H]2CCNC2)C(F)=CCC1. The number of nitrogens with one attached hydrogen (secondary N) is 2. The van der Waals surface area contributed by atoms with E-state index in [9.17, 15) is 4.39 Å². The normalized spacial score (nSPS) is 24.9. The molecule has 0 aromatic heterocycles. The first-order valence-electron chi connectivity index (χ1n) is 7.04. The molecule has 1 heterocycles. The van der Waals surface area contributed by atoms with Gasteiger partial charge in [0.15, 0.2) is 0 Å². The van der Waals surface area contributed by atoms with Crippen molar-refractivity contribution in [2.75, 3.05) is 13.1 Å². The van der Waals surface area contributed by atoms with Crippen molar-refractivity contribution in [3.8, 4) is 0 Å². The molecule has 2 N–H and O–H groups in total. The molecule has 0 radical (unpaired) electrons. The van der Waals surface area contributed by atoms with Gasteiger partial charge in [0.2, 0.25) is 0 Å². The minimum Gasteiger partial charge on any atom is -0.385 e. The van der Waals surface area contributed by atoms with E-state index < -0.39 is 0 Å². The van der Waals surface area contributed by atoms with E-state index in [0.29, 0.717) is 5.92 Å². The third-order valence-electron chi connectivity index (χ3n) is 3.96. The van der Waals surface area contributed by atoms with E-state index >= 15 is 0 Å². The van der Waals surface area contributed by atoms with E-state index in [-0.39, 0.29) is 11.9 Å². The quantitative estimate of drug-likeness (QED) is 0.718. The molecule has 0 amide bonds. The van der Waals surface area contributed by atoms with Crippen molar-refractivity contribution < 1.29 is 4.39 Å². The molecule has 2 atom stereocenters. The van der Waals surface area contributed by atoms with Crippen LogP contribution in [0.4, 0.5) is 4.39 Å². The number of hydrogen-bond acceptors (Lipinski definition) is 2. The predicted octanol–water partition coefficient (Wildman–Crippen LogP) is 3.22. The Balaban J connectivity index is 2.20. The highest BCUT2D eigenvalue weighted by molar-refractivity contribution is 5.38. The van der Waals surface area contributed by atoms with Crippen LogP contribution in [-0.4, -0.2) is 19.1 Å². The van der Waals surface area contributed by atoms with Crippen LogP contribution in [0.25, 0.3) is 0 Å². The fourth-order valence-electron chi connectivity index (χ4n) is 3.01. The van der Waals surface area contributed by atoms with Crippen LogP contribution in [-0.2, 0) is 0 Å². The monoisotopic (exact) mass is 262 g/mol. The summed E-state index contributed by atoms with van der Waals surface area (Å²) in [6.45, 7) is 9.40. The zero-order valence-electron chi connectivity index (χ0n) is 11.4. The summed E-state index contributed by atoms with van der Waals surface area (Å²) in [5.41, 5.74) is 2.20. The lowest BCUT2D eigenvalue weighted by molar-refractivity contribution is 0.547. The van der Waals surface area contributed by atoms with Crippen molar-refractivity contribution in [1.82, 2.24) is 10.6 Å². The molecule has 1 saturated heterocycles. The Kier molecular flexibility index (Phi) is 4.97. The molecule has 0 saturated carbocycles. The van der Waals surface area contributed by atoms with Crippen molar-refractivity contribution >= 4 is 0 Å². The Labute approximate surface area is 115 Å². The van der Waals surface area contributed by atoms with Gasteiger partial charge in [0.1, 0.15) is 5.83 Å². The summed E-state index contributed by atoms with van der Waals surface area (Å²) in [7, 11) is 0. The van der Waals surface area contributed by atoms with Gasteiger partial charge >= 0.3 is 0 Å².